The van der Waals surface area contributed by atoms with E-state index in [1.165, 1.54) is 25.6 Å². The van der Waals surface area contributed by atoms with Crippen LogP contribution in [0.1, 0.15) is 39.0 Å². The minimum atomic E-state index is -0.811. The van der Waals surface area contributed by atoms with Gasteiger partial charge in [0.1, 0.15) is 0 Å². The molecular weight excluding hydrogens is 682 g/mol. The van der Waals surface area contributed by atoms with Crippen LogP contribution in [-0.2, 0) is 9.59 Å². The molecule has 0 N–H and O–H groups in total. The van der Waals surface area contributed by atoms with Gasteiger partial charge in [-0.05, 0) is 69.8 Å². The number of aromatic nitrogens is 3. The van der Waals surface area contributed by atoms with Crippen LogP contribution < -0.4 is 14.4 Å². The van der Waals surface area contributed by atoms with E-state index >= 15 is 0 Å². The van der Waals surface area contributed by atoms with Crippen molar-refractivity contribution in [2.75, 3.05) is 10.7 Å². The molecule has 34 heavy (non-hydrogen) atoms. The van der Waals surface area contributed by atoms with Crippen LogP contribution >= 0.6 is 56.9 Å². The zero-order chi connectivity index (χ0) is 24.4. The summed E-state index contributed by atoms with van der Waals surface area (Å²) in [4.78, 5) is 30.7. The number of thioether (sulfide) groups is 1. The highest BCUT2D eigenvalue weighted by atomic mass is 127. The smallest absolute Gasteiger partial charge is 0.308 e. The Hall–Kier alpha value is -2.00. The van der Waals surface area contributed by atoms with E-state index in [-0.39, 0.29) is 5.91 Å². The van der Waals surface area contributed by atoms with E-state index in [0.29, 0.717) is 39.3 Å². The predicted molar refractivity (Wildman–Crippen MR) is 146 cm³/mol. The number of rotatable bonds is 5. The second-order valence-electron chi connectivity index (χ2n) is 7.38. The summed E-state index contributed by atoms with van der Waals surface area (Å²) >= 11 is 5.73. The lowest BCUT2D eigenvalue weighted by molar-refractivity contribution is -0.132. The maximum Gasteiger partial charge on any atom is 0.308 e. The molecule has 1 aromatic heterocycles. The molecule has 1 atom stereocenters. The predicted octanol–water partition coefficient (Wildman–Crippen LogP) is 5.62. The molecule has 0 aliphatic carbocycles. The number of benzene rings is 2. The number of fused-ring (bicyclic) bond motifs is 3. The van der Waals surface area contributed by atoms with Gasteiger partial charge in [0.25, 0.3) is 0 Å². The number of ether oxygens (including phenoxy) is 2. The topological polar surface area (TPSA) is 94.5 Å². The zero-order valence-electron chi connectivity index (χ0n) is 18.5. The molecule has 176 valence electrons. The van der Waals surface area contributed by atoms with Gasteiger partial charge in [-0.2, -0.15) is 4.98 Å². The summed E-state index contributed by atoms with van der Waals surface area (Å²) in [5, 5.41) is 9.21. The van der Waals surface area contributed by atoms with Crippen LogP contribution in [0.4, 0.5) is 5.69 Å². The molecule has 1 amide bonds. The van der Waals surface area contributed by atoms with Gasteiger partial charge in [0.2, 0.25) is 23.2 Å². The lowest BCUT2D eigenvalue weighted by Gasteiger charge is -2.30. The van der Waals surface area contributed by atoms with E-state index in [0.717, 1.165) is 19.3 Å². The molecule has 2 aromatic carbocycles. The van der Waals surface area contributed by atoms with Crippen LogP contribution in [0.3, 0.4) is 0 Å². The number of nitrogens with zero attached hydrogens (tertiary/aromatic N) is 4. The van der Waals surface area contributed by atoms with Crippen molar-refractivity contribution in [3.05, 3.63) is 49.1 Å². The van der Waals surface area contributed by atoms with E-state index in [9.17, 15) is 9.59 Å². The van der Waals surface area contributed by atoms with Crippen molar-refractivity contribution in [2.45, 2.75) is 38.6 Å². The highest BCUT2D eigenvalue weighted by Gasteiger charge is 2.35. The van der Waals surface area contributed by atoms with Gasteiger partial charge in [-0.1, -0.05) is 36.9 Å². The van der Waals surface area contributed by atoms with Gasteiger partial charge in [-0.15, -0.1) is 10.2 Å². The molecule has 0 bridgehead atoms. The number of hydrogen-bond acceptors (Lipinski definition) is 8. The number of carbonyl (C=O) groups excluding carboxylic acids is 2. The van der Waals surface area contributed by atoms with Crippen molar-refractivity contribution < 1.29 is 19.1 Å². The Morgan fingerprint density at radius 1 is 1.15 bits per heavy atom. The Morgan fingerprint density at radius 3 is 2.50 bits per heavy atom. The molecule has 8 nitrogen and oxygen atoms in total. The Bertz CT molecular complexity index is 1250. The van der Waals surface area contributed by atoms with Crippen molar-refractivity contribution in [3.8, 4) is 22.9 Å². The fraction of sp³-hybridized carbons (Fsp3) is 0.261. The number of anilines is 1. The van der Waals surface area contributed by atoms with E-state index in [2.05, 4.69) is 67.3 Å². The highest BCUT2D eigenvalue weighted by molar-refractivity contribution is 14.1. The maximum absolute atomic E-state index is 13.0. The first-order chi connectivity index (χ1) is 16.3. The third kappa shape index (κ3) is 5.15. The van der Waals surface area contributed by atoms with Gasteiger partial charge in [0, 0.05) is 30.7 Å². The average Bonchev–Trinajstić information content (AvgIpc) is 2.94. The number of para-hydroxylation sites is 1. The van der Waals surface area contributed by atoms with Crippen molar-refractivity contribution in [1.82, 2.24) is 15.2 Å². The molecule has 0 unspecified atom stereocenters. The summed E-state index contributed by atoms with van der Waals surface area (Å²) in [7, 11) is 0. The first-order valence-electron chi connectivity index (χ1n) is 10.4. The fourth-order valence-corrected chi connectivity index (χ4v) is 6.16. The number of hydrogen-bond donors (Lipinski definition) is 0. The van der Waals surface area contributed by atoms with E-state index in [1.54, 1.807) is 4.90 Å². The summed E-state index contributed by atoms with van der Waals surface area (Å²) in [5.74, 6) is 1.04. The Kier molecular flexibility index (Phi) is 7.92. The lowest BCUT2D eigenvalue weighted by Crippen LogP contribution is -2.36. The van der Waals surface area contributed by atoms with Gasteiger partial charge in [-0.3, -0.25) is 14.5 Å². The first-order valence-corrected chi connectivity index (χ1v) is 13.5. The van der Waals surface area contributed by atoms with Crippen molar-refractivity contribution in [2.24, 2.45) is 0 Å². The van der Waals surface area contributed by atoms with Crippen molar-refractivity contribution >= 4 is 74.5 Å². The van der Waals surface area contributed by atoms with Crippen molar-refractivity contribution in [3.63, 3.8) is 0 Å². The van der Waals surface area contributed by atoms with Crippen LogP contribution in [0.25, 0.3) is 11.3 Å². The van der Waals surface area contributed by atoms with Crippen LogP contribution in [-0.4, -0.2) is 32.8 Å². The molecule has 1 aliphatic heterocycles. The molecule has 0 radical (unpaired) electrons. The van der Waals surface area contributed by atoms with Crippen LogP contribution in [0, 0.1) is 7.14 Å². The molecule has 4 rings (SSSR count). The van der Waals surface area contributed by atoms with Crippen LogP contribution in [0.15, 0.2) is 41.6 Å². The lowest BCUT2D eigenvalue weighted by atomic mass is 10.1. The molecule has 0 spiro atoms. The molecule has 1 aliphatic rings. The van der Waals surface area contributed by atoms with E-state index < -0.39 is 12.2 Å². The Morgan fingerprint density at radius 2 is 1.85 bits per heavy atom. The normalized spacial score (nSPS) is 14.5. The van der Waals surface area contributed by atoms with Gasteiger partial charge in [0.15, 0.2) is 11.4 Å². The third-order valence-electron chi connectivity index (χ3n) is 4.84. The van der Waals surface area contributed by atoms with E-state index in [1.807, 2.05) is 36.4 Å². The van der Waals surface area contributed by atoms with Crippen molar-refractivity contribution in [1.29, 1.82) is 0 Å². The zero-order valence-corrected chi connectivity index (χ0v) is 23.7. The SMILES string of the molecule is CCCSc1nnc2c(n1)O[C@@H](c1cc(I)c(OC(C)=O)c(I)c1)N(C(C)=O)c1ccccc1-2. The fourth-order valence-electron chi connectivity index (χ4n) is 3.49. The minimum Gasteiger partial charge on any atom is -0.447 e. The second-order valence-corrected chi connectivity index (χ2v) is 10.8. The molecule has 0 fully saturated rings. The molecule has 0 saturated heterocycles. The quantitative estimate of drug-likeness (QED) is 0.147. The standard InChI is InChI=1S/C23H20I2N4O4S/c1-4-9-34-23-26-21-19(27-28-23)15-7-5-6-8-18(15)29(12(2)30)22(33-21)14-10-16(24)20(17(25)11-14)32-13(3)31/h5-8,10-11,22H,4,9H2,1-3H3/t22-/m0/s1. The number of carbonyl (C=O) groups is 2. The molecule has 11 heteroatoms. The number of amides is 1. The molecule has 0 saturated carbocycles. The summed E-state index contributed by atoms with van der Waals surface area (Å²) < 4.78 is 13.2. The molecule has 3 aromatic rings. The number of halogens is 2. The van der Waals surface area contributed by atoms with Crippen LogP contribution in [0.5, 0.6) is 11.6 Å². The summed E-state index contributed by atoms with van der Waals surface area (Å²) in [6.45, 7) is 4.94. The largest absolute Gasteiger partial charge is 0.447 e. The monoisotopic (exact) mass is 702 g/mol. The molecule has 2 heterocycles. The maximum atomic E-state index is 13.0. The van der Waals surface area contributed by atoms with Gasteiger partial charge in [-0.25, -0.2) is 0 Å². The summed E-state index contributed by atoms with van der Waals surface area (Å²) in [6, 6.07) is 11.2. The second kappa shape index (κ2) is 10.7. The third-order valence-corrected chi connectivity index (χ3v) is 7.48. The Balaban J connectivity index is 1.89. The average molecular weight is 702 g/mol. The highest BCUT2D eigenvalue weighted by Crippen LogP contribution is 2.44. The number of esters is 1. The van der Waals surface area contributed by atoms with Gasteiger partial charge >= 0.3 is 5.97 Å². The Labute approximate surface area is 228 Å². The van der Waals surface area contributed by atoms with E-state index in [4.69, 9.17) is 9.47 Å². The first kappa shape index (κ1) is 25.1. The van der Waals surface area contributed by atoms with Gasteiger partial charge in [0.05, 0.1) is 12.8 Å². The van der Waals surface area contributed by atoms with Gasteiger partial charge < -0.3 is 9.47 Å². The summed E-state index contributed by atoms with van der Waals surface area (Å²) in [6.07, 6.45) is 0.162. The molecular formula is C23H20I2N4O4S. The minimum absolute atomic E-state index is 0.201. The van der Waals surface area contributed by atoms with Crippen LogP contribution in [0.2, 0.25) is 0 Å². The summed E-state index contributed by atoms with van der Waals surface area (Å²) in [5.41, 5.74) is 2.55.